The Balaban J connectivity index is 2.84. The van der Waals surface area contributed by atoms with Crippen molar-refractivity contribution in [3.8, 4) is 0 Å². The Morgan fingerprint density at radius 1 is 1.73 bits per heavy atom. The molecule has 0 bridgehead atoms. The first-order valence-electron chi connectivity index (χ1n) is 4.39. The monoisotopic (exact) mass is 210 g/mol. The van der Waals surface area contributed by atoms with Crippen molar-refractivity contribution in [2.45, 2.75) is 6.42 Å². The molecule has 0 saturated heterocycles. The van der Waals surface area contributed by atoms with Gasteiger partial charge in [0.2, 0.25) is 0 Å². The van der Waals surface area contributed by atoms with Gasteiger partial charge in [0.25, 0.3) is 0 Å². The predicted molar refractivity (Wildman–Crippen MR) is 54.5 cm³/mol. The summed E-state index contributed by atoms with van der Waals surface area (Å²) >= 11 is 0. The van der Waals surface area contributed by atoms with Crippen LogP contribution in [0.3, 0.4) is 0 Å². The second-order valence-electron chi connectivity index (χ2n) is 2.83. The topological polar surface area (TPSA) is 62.2 Å². The molecule has 1 rings (SSSR count). The minimum Gasteiger partial charge on any atom is -0.478 e. The van der Waals surface area contributed by atoms with Gasteiger partial charge in [0.05, 0.1) is 0 Å². The van der Waals surface area contributed by atoms with Crippen LogP contribution in [0.4, 0.5) is 10.2 Å². The van der Waals surface area contributed by atoms with Crippen molar-refractivity contribution < 1.29 is 14.3 Å². The molecule has 4 nitrogen and oxygen atoms in total. The summed E-state index contributed by atoms with van der Waals surface area (Å²) < 4.78 is 13.4. The van der Waals surface area contributed by atoms with E-state index in [1.807, 2.05) is 0 Å². The highest BCUT2D eigenvalue weighted by molar-refractivity contribution is 5.88. The fourth-order valence-electron chi connectivity index (χ4n) is 1.02. The van der Waals surface area contributed by atoms with E-state index in [-0.39, 0.29) is 11.4 Å². The van der Waals surface area contributed by atoms with E-state index in [0.29, 0.717) is 13.0 Å². The van der Waals surface area contributed by atoms with E-state index < -0.39 is 11.8 Å². The molecule has 0 saturated carbocycles. The molecule has 1 heterocycles. The Hall–Kier alpha value is -1.91. The van der Waals surface area contributed by atoms with E-state index in [9.17, 15) is 9.18 Å². The number of hydrogen-bond acceptors (Lipinski definition) is 3. The molecule has 0 unspecified atom stereocenters. The zero-order valence-corrected chi connectivity index (χ0v) is 8.03. The lowest BCUT2D eigenvalue weighted by Crippen LogP contribution is -2.09. The molecule has 0 aromatic carbocycles. The van der Waals surface area contributed by atoms with Crippen LogP contribution in [0.1, 0.15) is 16.8 Å². The lowest BCUT2D eigenvalue weighted by molar-refractivity contribution is 0.0692. The summed E-state index contributed by atoms with van der Waals surface area (Å²) in [7, 11) is 0. The van der Waals surface area contributed by atoms with Crippen molar-refractivity contribution in [1.29, 1.82) is 0 Å². The summed E-state index contributed by atoms with van der Waals surface area (Å²) in [5, 5.41) is 11.3. The minimum atomic E-state index is -1.30. The normalized spacial score (nSPS) is 9.67. The molecule has 0 aliphatic carbocycles. The van der Waals surface area contributed by atoms with Crippen LogP contribution < -0.4 is 5.32 Å². The Bertz CT molecular complexity index is 380. The van der Waals surface area contributed by atoms with Crippen LogP contribution in [-0.2, 0) is 0 Å². The van der Waals surface area contributed by atoms with Crippen LogP contribution in [0.25, 0.3) is 0 Å². The van der Waals surface area contributed by atoms with Gasteiger partial charge in [-0.3, -0.25) is 0 Å². The highest BCUT2D eigenvalue weighted by Crippen LogP contribution is 2.14. The number of carboxylic acid groups (broad SMARTS) is 1. The van der Waals surface area contributed by atoms with Crippen LogP contribution >= 0.6 is 0 Å². The molecule has 15 heavy (non-hydrogen) atoms. The maximum atomic E-state index is 13.4. The average Bonchev–Trinajstić information content (AvgIpc) is 2.20. The van der Waals surface area contributed by atoms with Gasteiger partial charge in [0, 0.05) is 12.7 Å². The van der Waals surface area contributed by atoms with Crippen LogP contribution in [0.2, 0.25) is 0 Å². The van der Waals surface area contributed by atoms with Crippen LogP contribution in [0.15, 0.2) is 24.9 Å². The fourth-order valence-corrected chi connectivity index (χ4v) is 1.02. The highest BCUT2D eigenvalue weighted by Gasteiger charge is 2.14. The van der Waals surface area contributed by atoms with Gasteiger partial charge >= 0.3 is 5.97 Å². The van der Waals surface area contributed by atoms with Crippen molar-refractivity contribution in [3.05, 3.63) is 36.3 Å². The predicted octanol–water partition coefficient (Wildman–Crippen LogP) is 1.91. The largest absolute Gasteiger partial charge is 0.478 e. The van der Waals surface area contributed by atoms with Crippen molar-refractivity contribution in [2.24, 2.45) is 0 Å². The van der Waals surface area contributed by atoms with E-state index in [0.717, 1.165) is 6.07 Å². The summed E-state index contributed by atoms with van der Waals surface area (Å²) in [6.07, 6.45) is 3.58. The number of aromatic nitrogens is 1. The van der Waals surface area contributed by atoms with Crippen LogP contribution in [-0.4, -0.2) is 22.6 Å². The quantitative estimate of drug-likeness (QED) is 0.575. The van der Waals surface area contributed by atoms with E-state index in [1.54, 1.807) is 6.08 Å². The number of nitrogens with one attached hydrogen (secondary N) is 1. The molecule has 0 amide bonds. The molecule has 0 spiro atoms. The van der Waals surface area contributed by atoms with Gasteiger partial charge in [-0.25, -0.2) is 14.2 Å². The van der Waals surface area contributed by atoms with E-state index in [4.69, 9.17) is 5.11 Å². The Morgan fingerprint density at radius 2 is 2.47 bits per heavy atom. The van der Waals surface area contributed by atoms with Crippen molar-refractivity contribution in [1.82, 2.24) is 4.98 Å². The molecule has 1 aromatic rings. The number of carboxylic acids is 1. The SMILES string of the molecule is C=CCCNc1nccc(C(=O)O)c1F. The standard InChI is InChI=1S/C10H11FN2O2/c1-2-3-5-12-9-8(11)7(10(14)15)4-6-13-9/h2,4,6H,1,3,5H2,(H,12,13)(H,14,15). The molecule has 0 radical (unpaired) electrons. The molecule has 0 aliphatic heterocycles. The molecular weight excluding hydrogens is 199 g/mol. The van der Waals surface area contributed by atoms with E-state index >= 15 is 0 Å². The van der Waals surface area contributed by atoms with Crippen molar-refractivity contribution >= 4 is 11.8 Å². The maximum Gasteiger partial charge on any atom is 0.338 e. The summed E-state index contributed by atoms with van der Waals surface area (Å²) in [4.78, 5) is 14.3. The van der Waals surface area contributed by atoms with E-state index in [1.165, 1.54) is 6.20 Å². The molecule has 1 aromatic heterocycles. The molecule has 0 aliphatic rings. The summed E-state index contributed by atoms with van der Waals surface area (Å²) in [5.74, 6) is -2.19. The molecule has 2 N–H and O–H groups in total. The second kappa shape index (κ2) is 5.09. The van der Waals surface area contributed by atoms with Gasteiger partial charge in [0.15, 0.2) is 11.6 Å². The Morgan fingerprint density at radius 3 is 3.07 bits per heavy atom. The first kappa shape index (κ1) is 11.2. The highest BCUT2D eigenvalue weighted by atomic mass is 19.1. The van der Waals surface area contributed by atoms with Crippen molar-refractivity contribution in [3.63, 3.8) is 0 Å². The molecule has 0 fully saturated rings. The van der Waals surface area contributed by atoms with Crippen molar-refractivity contribution in [2.75, 3.05) is 11.9 Å². The first-order chi connectivity index (χ1) is 7.16. The van der Waals surface area contributed by atoms with Gasteiger partial charge in [-0.15, -0.1) is 6.58 Å². The molecule has 80 valence electrons. The fraction of sp³-hybridized carbons (Fsp3) is 0.200. The van der Waals surface area contributed by atoms with Gasteiger partial charge in [-0.1, -0.05) is 6.08 Å². The molecule has 0 atom stereocenters. The lowest BCUT2D eigenvalue weighted by atomic mass is 10.2. The summed E-state index contributed by atoms with van der Waals surface area (Å²) in [6.45, 7) is 3.98. The number of anilines is 1. The third-order valence-electron chi connectivity index (χ3n) is 1.76. The lowest BCUT2D eigenvalue weighted by Gasteiger charge is -2.06. The zero-order valence-electron chi connectivity index (χ0n) is 8.03. The second-order valence-corrected chi connectivity index (χ2v) is 2.83. The Labute approximate surface area is 86.5 Å². The number of rotatable bonds is 5. The number of nitrogens with zero attached hydrogens (tertiary/aromatic N) is 1. The summed E-state index contributed by atoms with van der Waals surface area (Å²) in [6, 6.07) is 1.12. The minimum absolute atomic E-state index is 0.0447. The summed E-state index contributed by atoms with van der Waals surface area (Å²) in [5.41, 5.74) is -0.383. The van der Waals surface area contributed by atoms with Gasteiger partial charge in [0.1, 0.15) is 5.56 Å². The molecular formula is C10H11FN2O2. The van der Waals surface area contributed by atoms with Gasteiger partial charge in [-0.05, 0) is 12.5 Å². The smallest absolute Gasteiger partial charge is 0.338 e. The first-order valence-corrected chi connectivity index (χ1v) is 4.39. The average molecular weight is 210 g/mol. The van der Waals surface area contributed by atoms with Crippen LogP contribution in [0.5, 0.6) is 0 Å². The maximum absolute atomic E-state index is 13.4. The van der Waals surface area contributed by atoms with E-state index in [2.05, 4.69) is 16.9 Å². The number of pyridine rings is 1. The zero-order chi connectivity index (χ0) is 11.3. The number of carbonyl (C=O) groups is 1. The van der Waals surface area contributed by atoms with Crippen LogP contribution in [0, 0.1) is 5.82 Å². The Kier molecular flexibility index (Phi) is 3.79. The molecule has 5 heteroatoms. The number of hydrogen-bond donors (Lipinski definition) is 2. The number of aromatic carboxylic acids is 1. The third-order valence-corrected chi connectivity index (χ3v) is 1.76. The van der Waals surface area contributed by atoms with Gasteiger partial charge in [-0.2, -0.15) is 0 Å². The van der Waals surface area contributed by atoms with Gasteiger partial charge < -0.3 is 10.4 Å². The third kappa shape index (κ3) is 2.77. The number of halogens is 1.